The fourth-order valence-corrected chi connectivity index (χ4v) is 0.467. The summed E-state index contributed by atoms with van der Waals surface area (Å²) in [5.41, 5.74) is 0.426. The largest absolute Gasteiger partial charge is 0.588 e. The molecule has 4 heteroatoms. The molecule has 1 radical (unpaired) electrons. The van der Waals surface area contributed by atoms with Gasteiger partial charge >= 0.3 is 0 Å². The van der Waals surface area contributed by atoms with Crippen molar-refractivity contribution in [3.63, 3.8) is 0 Å². The van der Waals surface area contributed by atoms with E-state index in [-0.39, 0.29) is 32.7 Å². The summed E-state index contributed by atoms with van der Waals surface area (Å²) >= 11 is 0. The predicted octanol–water partition coefficient (Wildman–Crippen LogP) is 0.371. The molecule has 0 saturated carbocycles. The molecule has 1 aliphatic rings. The van der Waals surface area contributed by atoms with Crippen LogP contribution < -0.4 is 0 Å². The van der Waals surface area contributed by atoms with E-state index in [1.807, 2.05) is 0 Å². The zero-order valence-corrected chi connectivity index (χ0v) is 7.76. The van der Waals surface area contributed by atoms with Crippen LogP contribution in [0.15, 0.2) is 11.6 Å². The quantitative estimate of drug-likeness (QED) is 0.529. The van der Waals surface area contributed by atoms with E-state index < -0.39 is 11.8 Å². The van der Waals surface area contributed by atoms with Gasteiger partial charge in [-0.15, -0.1) is 0 Å². The van der Waals surface area contributed by atoms with E-state index in [4.69, 9.17) is 0 Å². The topological polar surface area (TPSA) is 48.2 Å². The second kappa shape index (κ2) is 3.23. The van der Waals surface area contributed by atoms with E-state index in [1.165, 1.54) is 6.08 Å². The Morgan fingerprint density at radius 1 is 1.44 bits per heavy atom. The van der Waals surface area contributed by atoms with Crippen LogP contribution >= 0.6 is 0 Å². The molecule has 0 bridgehead atoms. The number of carbonyl (C=O) groups is 2. The molecule has 0 saturated heterocycles. The van der Waals surface area contributed by atoms with Crippen molar-refractivity contribution in [2.75, 3.05) is 0 Å². The number of hydrogen-bond acceptors (Lipinski definition) is 2. The molecule has 0 N–H and O–H groups in total. The Morgan fingerprint density at radius 3 is 2.11 bits per heavy atom. The van der Waals surface area contributed by atoms with Crippen LogP contribution in [0.4, 0.5) is 0 Å². The van der Waals surface area contributed by atoms with Gasteiger partial charge in [0.15, 0.2) is 0 Å². The minimum atomic E-state index is -0.437. The van der Waals surface area contributed by atoms with Gasteiger partial charge in [0.05, 0.1) is 11.8 Å². The first kappa shape index (κ1) is 8.98. The van der Waals surface area contributed by atoms with E-state index in [2.05, 4.69) is 5.32 Å². The van der Waals surface area contributed by atoms with Crippen LogP contribution in [0.3, 0.4) is 0 Å². The molecule has 0 aromatic heterocycles. The molecule has 1 heterocycles. The van der Waals surface area contributed by atoms with Crippen molar-refractivity contribution < 1.29 is 42.3 Å². The van der Waals surface area contributed by atoms with Crippen LogP contribution in [-0.2, 0) is 42.3 Å². The number of amides is 2. The zero-order chi connectivity index (χ0) is 6.15. The third kappa shape index (κ3) is 1.99. The average Bonchev–Trinajstić information content (AvgIpc) is 1.85. The Labute approximate surface area is 77.8 Å². The van der Waals surface area contributed by atoms with Crippen molar-refractivity contribution in [3.8, 4) is 0 Å². The van der Waals surface area contributed by atoms with Gasteiger partial charge in [-0.05, 0) is 18.6 Å². The van der Waals surface area contributed by atoms with E-state index in [1.54, 1.807) is 6.92 Å². The molecule has 3 nitrogen and oxygen atoms in total. The standard InChI is InChI=1S/C5H5NO2.Y/c1-3-2-4(7)6-5(3)8;/h2H,1H3,(H,6,7,8);/p-1. The number of nitrogens with zero attached hydrogens (tertiary/aromatic N) is 1. The molecule has 0 spiro atoms. The number of hydrogen-bond donors (Lipinski definition) is 0. The Balaban J connectivity index is 0.000000640. The van der Waals surface area contributed by atoms with Crippen LogP contribution in [0.2, 0.25) is 0 Å². The Bertz CT molecular complexity index is 185. The molecule has 1 aliphatic heterocycles. The number of imide groups is 1. The fourth-order valence-electron chi connectivity index (χ4n) is 0.467. The van der Waals surface area contributed by atoms with E-state index >= 15 is 0 Å². The van der Waals surface area contributed by atoms with Crippen LogP contribution in [0, 0.1) is 0 Å². The summed E-state index contributed by atoms with van der Waals surface area (Å²) in [4.78, 5) is 20.5. The van der Waals surface area contributed by atoms with Crippen LogP contribution in [-0.4, -0.2) is 11.8 Å². The second-order valence-corrected chi connectivity index (χ2v) is 1.58. The maximum Gasteiger partial charge on any atom is 0.0833 e. The summed E-state index contributed by atoms with van der Waals surface area (Å²) in [6, 6.07) is 0. The normalized spacial score (nSPS) is 16.3. The monoisotopic (exact) mass is 199 g/mol. The Morgan fingerprint density at radius 2 is 2.00 bits per heavy atom. The minimum absolute atomic E-state index is 0. The summed E-state index contributed by atoms with van der Waals surface area (Å²) in [5, 5.41) is 3.10. The van der Waals surface area contributed by atoms with Crippen LogP contribution in [0.1, 0.15) is 6.92 Å². The molecule has 0 unspecified atom stereocenters. The van der Waals surface area contributed by atoms with Crippen molar-refractivity contribution in [1.29, 1.82) is 0 Å². The molecule has 1 rings (SSSR count). The summed E-state index contributed by atoms with van der Waals surface area (Å²) in [5.74, 6) is -0.845. The molecule has 0 aliphatic carbocycles. The maximum absolute atomic E-state index is 10.3. The Hall–Kier alpha value is -0.0161. The Kier molecular flexibility index (Phi) is 3.22. The molecule has 2 amide bonds. The summed E-state index contributed by atoms with van der Waals surface area (Å²) < 4.78 is 0. The first-order valence-electron chi connectivity index (χ1n) is 2.18. The number of carbonyl (C=O) groups excluding carboxylic acids is 2. The summed E-state index contributed by atoms with van der Waals surface area (Å²) in [6.45, 7) is 1.57. The molecule has 0 aromatic rings. The third-order valence-corrected chi connectivity index (χ3v) is 0.889. The third-order valence-electron chi connectivity index (χ3n) is 0.889. The van der Waals surface area contributed by atoms with Crippen molar-refractivity contribution in [2.45, 2.75) is 6.92 Å². The van der Waals surface area contributed by atoms with Crippen LogP contribution in [0.25, 0.3) is 5.32 Å². The first-order valence-corrected chi connectivity index (χ1v) is 2.18. The van der Waals surface area contributed by atoms with Gasteiger partial charge < -0.3 is 14.9 Å². The molecule has 0 fully saturated rings. The van der Waals surface area contributed by atoms with E-state index in [0.717, 1.165) is 0 Å². The van der Waals surface area contributed by atoms with Crippen molar-refractivity contribution >= 4 is 11.8 Å². The predicted molar refractivity (Wildman–Crippen MR) is 27.1 cm³/mol. The zero-order valence-electron chi connectivity index (χ0n) is 4.92. The first-order chi connectivity index (χ1) is 3.70. The van der Waals surface area contributed by atoms with Crippen molar-refractivity contribution in [2.24, 2.45) is 0 Å². The SMILES string of the molecule is CC1=CC(=O)[N-]C1=O.[Y]. The minimum Gasteiger partial charge on any atom is -0.588 e. The van der Waals surface area contributed by atoms with Gasteiger partial charge in [0.25, 0.3) is 0 Å². The van der Waals surface area contributed by atoms with Gasteiger partial charge in [-0.3, -0.25) is 0 Å². The second-order valence-electron chi connectivity index (χ2n) is 1.58. The molecule has 9 heavy (non-hydrogen) atoms. The van der Waals surface area contributed by atoms with Gasteiger partial charge in [-0.2, -0.15) is 0 Å². The molecule has 0 aromatic carbocycles. The number of rotatable bonds is 0. The van der Waals surface area contributed by atoms with Gasteiger partial charge in [0, 0.05) is 32.7 Å². The molecular weight excluding hydrogens is 195 g/mol. The maximum atomic E-state index is 10.3. The van der Waals surface area contributed by atoms with E-state index in [9.17, 15) is 9.59 Å². The van der Waals surface area contributed by atoms with Crippen molar-refractivity contribution in [3.05, 3.63) is 17.0 Å². The smallest absolute Gasteiger partial charge is 0.0833 e. The average molecular weight is 199 g/mol. The summed E-state index contributed by atoms with van der Waals surface area (Å²) in [6.07, 6.45) is 1.22. The van der Waals surface area contributed by atoms with Gasteiger partial charge in [0.1, 0.15) is 0 Å². The van der Waals surface area contributed by atoms with Gasteiger partial charge in [-0.25, -0.2) is 0 Å². The van der Waals surface area contributed by atoms with Gasteiger partial charge in [0.2, 0.25) is 0 Å². The fraction of sp³-hybridized carbons (Fsp3) is 0.200. The van der Waals surface area contributed by atoms with Crippen LogP contribution in [0.5, 0.6) is 0 Å². The summed E-state index contributed by atoms with van der Waals surface area (Å²) in [7, 11) is 0. The van der Waals surface area contributed by atoms with E-state index in [0.29, 0.717) is 5.57 Å². The van der Waals surface area contributed by atoms with Gasteiger partial charge in [-0.1, -0.05) is 0 Å². The van der Waals surface area contributed by atoms with Crippen molar-refractivity contribution in [1.82, 2.24) is 0 Å². The molecule has 45 valence electrons. The molecular formula is C5H4NO2Y-. The molecule has 0 atom stereocenters.